The van der Waals surface area contributed by atoms with Gasteiger partial charge >= 0.3 is 0 Å². The first-order valence-corrected chi connectivity index (χ1v) is 26.0. The molecule has 9 aromatic rings. The first kappa shape index (κ1) is 41.3. The lowest BCUT2D eigenvalue weighted by atomic mass is 9.33. The molecule has 0 atom stereocenters. The number of rotatable bonds is 5. The smallest absolute Gasteiger partial charge is 0.252 e. The zero-order chi connectivity index (χ0) is 45.8. The number of aryl methyl sites for hydroxylation is 1. The van der Waals surface area contributed by atoms with Crippen molar-refractivity contribution in [2.75, 3.05) is 9.80 Å². The van der Waals surface area contributed by atoms with Crippen LogP contribution in [-0.4, -0.2) is 14.8 Å². The third kappa shape index (κ3) is 6.30. The molecule has 0 bridgehead atoms. The maximum atomic E-state index is 2.60. The van der Waals surface area contributed by atoms with Crippen molar-refractivity contribution in [2.45, 2.75) is 59.3 Å². The first-order valence-electron chi connectivity index (χ1n) is 24.0. The number of benzene rings is 9. The van der Waals surface area contributed by atoms with Crippen LogP contribution in [0, 0.1) is 6.92 Å². The largest absolute Gasteiger partial charge is 0.311 e. The van der Waals surface area contributed by atoms with Gasteiger partial charge in [0.15, 0.2) is 8.07 Å². The molecule has 9 aromatic carbocycles. The van der Waals surface area contributed by atoms with E-state index in [1.54, 1.807) is 0 Å². The summed E-state index contributed by atoms with van der Waals surface area (Å²) in [4.78, 5) is 5.21. The highest BCUT2D eigenvalue weighted by atomic mass is 28.3. The van der Waals surface area contributed by atoms with Gasteiger partial charge in [-0.05, 0) is 137 Å². The van der Waals surface area contributed by atoms with E-state index >= 15 is 0 Å². The molecule has 3 aliphatic rings. The van der Waals surface area contributed by atoms with Gasteiger partial charge in [-0.2, -0.15) is 0 Å². The zero-order valence-electron chi connectivity index (χ0n) is 39.6. The maximum Gasteiger partial charge on any atom is 0.252 e. The third-order valence-electron chi connectivity index (χ3n) is 14.9. The minimum atomic E-state index is -2.75. The van der Waals surface area contributed by atoms with E-state index in [1.807, 2.05) is 0 Å². The average Bonchev–Trinajstić information content (AvgIpc) is 3.64. The van der Waals surface area contributed by atoms with Crippen molar-refractivity contribution in [1.82, 2.24) is 0 Å². The number of hydrogen-bond acceptors (Lipinski definition) is 2. The van der Waals surface area contributed by atoms with Gasteiger partial charge in [-0.3, -0.25) is 0 Å². The lowest BCUT2D eigenvalue weighted by molar-refractivity contribution is 0.590. The van der Waals surface area contributed by atoms with Gasteiger partial charge in [0.05, 0.1) is 5.69 Å². The molecule has 12 rings (SSSR count). The molecule has 3 aliphatic heterocycles. The van der Waals surface area contributed by atoms with Crippen LogP contribution < -0.4 is 46.9 Å². The minimum absolute atomic E-state index is 0.0139. The Kier molecular flexibility index (Phi) is 9.37. The van der Waals surface area contributed by atoms with Gasteiger partial charge in [-0.15, -0.1) is 0 Å². The van der Waals surface area contributed by atoms with Crippen molar-refractivity contribution in [3.05, 3.63) is 223 Å². The third-order valence-corrected chi connectivity index (χ3v) is 19.7. The molecule has 324 valence electrons. The summed E-state index contributed by atoms with van der Waals surface area (Å²) in [7, 11) is -2.75. The maximum absolute atomic E-state index is 2.75. The second kappa shape index (κ2) is 15.2. The fraction of sp³-hybridized carbons (Fsp3) is 0.143. The molecule has 3 heterocycles. The van der Waals surface area contributed by atoms with Crippen molar-refractivity contribution in [3.8, 4) is 22.3 Å². The highest BCUT2D eigenvalue weighted by molar-refractivity contribution is 7.22. The van der Waals surface area contributed by atoms with Gasteiger partial charge in [0.25, 0.3) is 6.71 Å². The summed E-state index contributed by atoms with van der Waals surface area (Å²) in [6.45, 7) is 16.3. The van der Waals surface area contributed by atoms with Gasteiger partial charge in [-0.1, -0.05) is 199 Å². The number of fused-ring (bicyclic) bond motifs is 7. The molecular weight excluding hydrogens is 824 g/mol. The molecule has 0 spiro atoms. The van der Waals surface area contributed by atoms with Crippen molar-refractivity contribution in [3.63, 3.8) is 0 Å². The Balaban J connectivity index is 1.15. The number of nitrogens with zero attached hydrogens (tertiary/aromatic N) is 2. The summed E-state index contributed by atoms with van der Waals surface area (Å²) < 4.78 is 0. The summed E-state index contributed by atoms with van der Waals surface area (Å²) in [6.07, 6.45) is 0. The van der Waals surface area contributed by atoms with Crippen molar-refractivity contribution in [1.29, 1.82) is 0 Å². The first-order chi connectivity index (χ1) is 32.4. The monoisotopic (exact) mass is 878 g/mol. The van der Waals surface area contributed by atoms with Gasteiger partial charge < -0.3 is 9.80 Å². The van der Waals surface area contributed by atoms with Crippen LogP contribution in [0.4, 0.5) is 34.1 Å². The quantitative estimate of drug-likeness (QED) is 0.159. The average molecular weight is 879 g/mol. The van der Waals surface area contributed by atoms with E-state index in [2.05, 4.69) is 265 Å². The van der Waals surface area contributed by atoms with Crippen molar-refractivity contribution >= 4 is 86.0 Å². The normalized spacial score (nSPS) is 14.2. The molecule has 2 nitrogen and oxygen atoms in total. The SMILES string of the molecule is Cc1cc2c3c(c1)N(c1ccc(C(C)(C)C)cc1-c1ccccc1)c1ccc(C(C)(C)C)cc1B3c1ccccc1N2c1ccc2c(c1)[Si](c1ccccc1)(c1ccccc1)c1ccccc1-2. The zero-order valence-corrected chi connectivity index (χ0v) is 40.6. The topological polar surface area (TPSA) is 6.48 Å². The van der Waals surface area contributed by atoms with E-state index in [4.69, 9.17) is 0 Å². The summed E-state index contributed by atoms with van der Waals surface area (Å²) >= 11 is 0. The van der Waals surface area contributed by atoms with E-state index in [9.17, 15) is 0 Å². The number of para-hydroxylation sites is 1. The molecule has 0 aliphatic carbocycles. The van der Waals surface area contributed by atoms with Gasteiger partial charge in [-0.25, -0.2) is 0 Å². The van der Waals surface area contributed by atoms with E-state index in [0.29, 0.717) is 0 Å². The molecule has 0 amide bonds. The molecule has 0 aromatic heterocycles. The molecular formula is C63H55BN2Si. The standard InChI is InChI=1S/C63H55BN2Si/c1-42-37-57-61-58(38-42)66(54-35-31-44(62(2,3)4)39-51(54)43-21-11-8-12-22-43)56-36-32-45(63(5,6)7)40-53(56)64(61)52-28-18-19-29-55(52)65(57)46-33-34-50-49-27-17-20-30-59(49)67(60(50)41-46,47-23-13-9-14-24-47)48-25-15-10-16-26-48/h8-41H,1-7H3. The predicted octanol–water partition coefficient (Wildman–Crippen LogP) is 11.7. The van der Waals surface area contributed by atoms with E-state index in [-0.39, 0.29) is 17.5 Å². The Morgan fingerprint density at radius 1 is 0.388 bits per heavy atom. The lowest BCUT2D eigenvalue weighted by Crippen LogP contribution is -2.72. The Morgan fingerprint density at radius 2 is 0.925 bits per heavy atom. The summed E-state index contributed by atoms with van der Waals surface area (Å²) in [6, 6.07) is 79.0. The summed E-state index contributed by atoms with van der Waals surface area (Å²) in [5.74, 6) is 0. The Morgan fingerprint density at radius 3 is 1.60 bits per heavy atom. The van der Waals surface area contributed by atoms with Crippen LogP contribution in [0.1, 0.15) is 58.2 Å². The van der Waals surface area contributed by atoms with Crippen molar-refractivity contribution in [2.24, 2.45) is 0 Å². The van der Waals surface area contributed by atoms with Crippen LogP contribution in [-0.2, 0) is 10.8 Å². The highest BCUT2D eigenvalue weighted by Gasteiger charge is 2.50. The molecule has 0 saturated carbocycles. The fourth-order valence-corrected chi connectivity index (χ4v) is 16.9. The molecule has 0 unspecified atom stereocenters. The Bertz CT molecular complexity index is 3360. The molecule has 67 heavy (non-hydrogen) atoms. The second-order valence-electron chi connectivity index (χ2n) is 21.0. The van der Waals surface area contributed by atoms with Crippen LogP contribution in [0.5, 0.6) is 0 Å². The molecule has 0 N–H and O–H groups in total. The van der Waals surface area contributed by atoms with Gasteiger partial charge in [0.2, 0.25) is 0 Å². The van der Waals surface area contributed by atoms with Gasteiger partial charge in [0.1, 0.15) is 0 Å². The van der Waals surface area contributed by atoms with Crippen LogP contribution >= 0.6 is 0 Å². The van der Waals surface area contributed by atoms with E-state index < -0.39 is 8.07 Å². The highest BCUT2D eigenvalue weighted by Crippen LogP contribution is 2.48. The summed E-state index contributed by atoms with van der Waals surface area (Å²) in [5.41, 5.74) is 20.4. The summed E-state index contributed by atoms with van der Waals surface area (Å²) in [5, 5.41) is 5.72. The minimum Gasteiger partial charge on any atom is -0.311 e. The van der Waals surface area contributed by atoms with E-state index in [1.165, 1.54) is 110 Å². The number of anilines is 6. The van der Waals surface area contributed by atoms with Crippen LogP contribution in [0.15, 0.2) is 206 Å². The molecule has 0 radical (unpaired) electrons. The Hall–Kier alpha value is -7.14. The Labute approximate surface area is 398 Å². The van der Waals surface area contributed by atoms with E-state index in [0.717, 1.165) is 0 Å². The van der Waals surface area contributed by atoms with Crippen LogP contribution in [0.3, 0.4) is 0 Å². The van der Waals surface area contributed by atoms with Crippen molar-refractivity contribution < 1.29 is 0 Å². The van der Waals surface area contributed by atoms with Crippen LogP contribution in [0.25, 0.3) is 22.3 Å². The van der Waals surface area contributed by atoms with Crippen LogP contribution in [0.2, 0.25) is 0 Å². The van der Waals surface area contributed by atoms with Gasteiger partial charge in [0, 0.05) is 34.0 Å². The lowest BCUT2D eigenvalue weighted by Gasteiger charge is -2.45. The second-order valence-corrected chi connectivity index (χ2v) is 24.7. The molecule has 0 fully saturated rings. The molecule has 0 saturated heterocycles. The predicted molar refractivity (Wildman–Crippen MR) is 291 cm³/mol. The number of hydrogen-bond donors (Lipinski definition) is 0. The molecule has 4 heteroatoms. The fourth-order valence-electron chi connectivity index (χ4n) is 11.7.